The van der Waals surface area contributed by atoms with E-state index in [-0.39, 0.29) is 36.2 Å². The van der Waals surface area contributed by atoms with E-state index in [4.69, 9.17) is 20.6 Å². The molecule has 11 rings (SSSR count). The van der Waals surface area contributed by atoms with E-state index in [1.165, 1.54) is 6.33 Å². The number of hydrogen-bond donors (Lipinski definition) is 2. The first-order valence-corrected chi connectivity index (χ1v) is 24.4. The van der Waals surface area contributed by atoms with Gasteiger partial charge in [-0.25, -0.2) is 19.4 Å². The summed E-state index contributed by atoms with van der Waals surface area (Å²) in [5, 5.41) is 8.34. The van der Waals surface area contributed by atoms with E-state index in [1.54, 1.807) is 4.90 Å². The predicted molar refractivity (Wildman–Crippen MR) is 253 cm³/mol. The largest absolute Gasteiger partial charge is 0.457 e. The summed E-state index contributed by atoms with van der Waals surface area (Å²) in [7, 11) is 0. The van der Waals surface area contributed by atoms with Crippen LogP contribution in [0.15, 0.2) is 79.1 Å². The van der Waals surface area contributed by atoms with Crippen LogP contribution in [0.4, 0.5) is 16.3 Å². The molecule has 2 atom stereocenters. The van der Waals surface area contributed by atoms with Gasteiger partial charge in [-0.3, -0.25) is 24.6 Å². The van der Waals surface area contributed by atoms with Gasteiger partial charge in [0.2, 0.25) is 11.8 Å². The summed E-state index contributed by atoms with van der Waals surface area (Å²) in [5.74, 6) is 2.40. The number of nitrogen functional groups attached to an aromatic ring is 1. The topological polar surface area (TPSA) is 175 Å². The zero-order valence-electron chi connectivity index (χ0n) is 38.0. The van der Waals surface area contributed by atoms with Crippen LogP contribution in [0.2, 0.25) is 0 Å². The highest BCUT2D eigenvalue weighted by Gasteiger charge is 2.40. The van der Waals surface area contributed by atoms with Crippen molar-refractivity contribution in [3.05, 3.63) is 90.3 Å². The van der Waals surface area contributed by atoms with Gasteiger partial charge >= 0.3 is 6.03 Å². The van der Waals surface area contributed by atoms with Crippen molar-refractivity contribution in [2.45, 2.75) is 88.9 Å². The number of amides is 5. The Balaban J connectivity index is 0.651. The van der Waals surface area contributed by atoms with Gasteiger partial charge in [-0.1, -0.05) is 18.2 Å². The Labute approximate surface area is 390 Å². The van der Waals surface area contributed by atoms with Crippen LogP contribution in [-0.2, 0) is 16.1 Å². The molecule has 0 radical (unpaired) electrons. The van der Waals surface area contributed by atoms with Gasteiger partial charge in [-0.05, 0) is 136 Å². The molecule has 6 aliphatic rings. The molecule has 0 bridgehead atoms. The Morgan fingerprint density at radius 2 is 1.43 bits per heavy atom. The number of anilines is 2. The van der Waals surface area contributed by atoms with Gasteiger partial charge in [0.05, 0.1) is 11.4 Å². The first-order chi connectivity index (χ1) is 32.7. The van der Waals surface area contributed by atoms with Crippen LogP contribution in [-0.4, -0.2) is 128 Å². The number of aromatic nitrogens is 4. The number of ether oxygens (including phenoxy) is 1. The van der Waals surface area contributed by atoms with Crippen molar-refractivity contribution >= 4 is 46.3 Å². The zero-order chi connectivity index (χ0) is 45.6. The maximum Gasteiger partial charge on any atom is 0.319 e. The van der Waals surface area contributed by atoms with E-state index in [1.807, 2.05) is 66.7 Å². The third-order valence-electron chi connectivity index (χ3n) is 15.5. The van der Waals surface area contributed by atoms with Gasteiger partial charge in [-0.2, -0.15) is 5.10 Å². The number of imide groups is 1. The lowest BCUT2D eigenvalue weighted by Crippen LogP contribution is -2.53. The van der Waals surface area contributed by atoms with Gasteiger partial charge in [0.15, 0.2) is 5.65 Å². The number of nitrogens with two attached hydrogens (primary N) is 1. The first kappa shape index (κ1) is 43.0. The normalized spacial score (nSPS) is 22.7. The van der Waals surface area contributed by atoms with E-state index in [2.05, 4.69) is 40.6 Å². The number of benzene rings is 3. The molecule has 5 saturated heterocycles. The number of rotatable bonds is 8. The molecule has 348 valence electrons. The molecule has 2 aromatic heterocycles. The number of likely N-dealkylation sites (tertiary alicyclic amines) is 3. The highest BCUT2D eigenvalue weighted by Crippen LogP contribution is 2.38. The molecule has 3 aromatic carbocycles. The van der Waals surface area contributed by atoms with Crippen LogP contribution in [0.5, 0.6) is 11.5 Å². The lowest BCUT2D eigenvalue weighted by molar-refractivity contribution is -0.136. The van der Waals surface area contributed by atoms with Gasteiger partial charge in [-0.15, -0.1) is 0 Å². The molecule has 5 fully saturated rings. The Hall–Kier alpha value is -6.55. The van der Waals surface area contributed by atoms with Crippen LogP contribution in [0.1, 0.15) is 86.2 Å². The average molecular weight is 906 g/mol. The average Bonchev–Trinajstić information content (AvgIpc) is 3.92. The molecule has 16 nitrogen and oxygen atoms in total. The number of para-hydroxylation sites is 1. The third-order valence-corrected chi connectivity index (χ3v) is 15.5. The molecule has 1 unspecified atom stereocenters. The van der Waals surface area contributed by atoms with Crippen LogP contribution in [0, 0.1) is 11.8 Å². The summed E-state index contributed by atoms with van der Waals surface area (Å²) >= 11 is 0. The number of hydrogen-bond acceptors (Lipinski definition) is 11. The van der Waals surface area contributed by atoms with Crippen LogP contribution >= 0.6 is 0 Å². The zero-order valence-corrected chi connectivity index (χ0v) is 38.0. The minimum atomic E-state index is -0.604. The predicted octanol–water partition coefficient (Wildman–Crippen LogP) is 6.48. The van der Waals surface area contributed by atoms with E-state index in [9.17, 15) is 19.2 Å². The number of nitrogens with zero attached hydrogens (tertiary/aromatic N) is 9. The quantitative estimate of drug-likeness (QED) is 0.163. The van der Waals surface area contributed by atoms with Crippen molar-refractivity contribution in [1.29, 1.82) is 0 Å². The maximum absolute atomic E-state index is 13.9. The standard InChI is InChI=1S/C51H59N11O5/c52-47-45-46(35-8-11-41(12-9-35)67-40-6-2-1-3-7-40)56-62(48(45)54-32-53-47)39-5-4-22-60(31-39)37-20-27-59(28-21-37)51(66)58-25-18-34(19-26-58)33-16-23-57(24-17-33)38-10-13-42-36(29-38)30-61(50(42)65)43-14-15-44(63)55-49(43)64/h1-3,6-13,29,32-34,37,39,43H,4-5,14-28,30-31H2,(H2,52,53,54)(H,55,63,64)/t39-,43?/m1/s1. The van der Waals surface area contributed by atoms with Gasteiger partial charge in [0, 0.05) is 81.6 Å². The Bertz CT molecular complexity index is 2650. The van der Waals surface area contributed by atoms with Crippen LogP contribution in [0.3, 0.4) is 0 Å². The second-order valence-corrected chi connectivity index (χ2v) is 19.4. The molecule has 5 aromatic rings. The molecule has 0 saturated carbocycles. The summed E-state index contributed by atoms with van der Waals surface area (Å²) in [6.07, 6.45) is 10.4. The van der Waals surface area contributed by atoms with E-state index >= 15 is 0 Å². The molecule has 0 aliphatic carbocycles. The Morgan fingerprint density at radius 1 is 0.731 bits per heavy atom. The molecule has 16 heteroatoms. The van der Waals surface area contributed by atoms with E-state index < -0.39 is 6.04 Å². The third kappa shape index (κ3) is 8.55. The lowest BCUT2D eigenvalue weighted by Gasteiger charge is -2.44. The van der Waals surface area contributed by atoms with Crippen molar-refractivity contribution in [2.75, 3.05) is 63.0 Å². The van der Waals surface area contributed by atoms with Crippen molar-refractivity contribution in [1.82, 2.24) is 44.7 Å². The van der Waals surface area contributed by atoms with Crippen molar-refractivity contribution < 1.29 is 23.9 Å². The lowest BCUT2D eigenvalue weighted by atomic mass is 9.78. The first-order valence-electron chi connectivity index (χ1n) is 24.4. The van der Waals surface area contributed by atoms with Gasteiger partial charge < -0.3 is 30.1 Å². The molecule has 8 heterocycles. The smallest absolute Gasteiger partial charge is 0.319 e. The summed E-state index contributed by atoms with van der Waals surface area (Å²) in [6, 6.07) is 23.9. The second-order valence-electron chi connectivity index (χ2n) is 19.4. The maximum atomic E-state index is 13.9. The molecule has 5 amide bonds. The van der Waals surface area contributed by atoms with Gasteiger partial charge in [0.1, 0.15) is 35.4 Å². The SMILES string of the molecule is Nc1ncnc2c1c(-c1ccc(Oc3ccccc3)cc1)nn2[C@@H]1CCCN(C2CCN(C(=O)N3CCC(C4CCN(c5ccc6c(c5)CN(C5CCC(=O)NC5=O)C6=O)CC4)CC3)CC2)C1. The fourth-order valence-electron chi connectivity index (χ4n) is 11.8. The molecule has 6 aliphatic heterocycles. The summed E-state index contributed by atoms with van der Waals surface area (Å²) in [4.78, 5) is 71.2. The molecule has 3 N–H and O–H groups in total. The number of carbonyl (C=O) groups excluding carboxylic acids is 4. The molecule has 0 spiro atoms. The van der Waals surface area contributed by atoms with Crippen molar-refractivity contribution in [2.24, 2.45) is 11.8 Å². The summed E-state index contributed by atoms with van der Waals surface area (Å²) < 4.78 is 8.12. The van der Waals surface area contributed by atoms with Crippen molar-refractivity contribution in [3.8, 4) is 22.8 Å². The Morgan fingerprint density at radius 3 is 2.16 bits per heavy atom. The molecular weight excluding hydrogens is 847 g/mol. The monoisotopic (exact) mass is 905 g/mol. The number of fused-ring (bicyclic) bond motifs is 2. The number of carbonyl (C=O) groups is 4. The number of urea groups is 1. The number of piperidine rings is 5. The number of nitrogens with one attached hydrogen (secondary N) is 1. The van der Waals surface area contributed by atoms with Crippen LogP contribution < -0.4 is 20.7 Å². The molecule has 67 heavy (non-hydrogen) atoms. The minimum absolute atomic E-state index is 0.136. The summed E-state index contributed by atoms with van der Waals surface area (Å²) in [5.41, 5.74) is 11.7. The second kappa shape index (κ2) is 18.3. The fraction of sp³-hybridized carbons (Fsp3) is 0.471. The van der Waals surface area contributed by atoms with Crippen molar-refractivity contribution in [3.63, 3.8) is 0 Å². The van der Waals surface area contributed by atoms with E-state index in [0.29, 0.717) is 42.2 Å². The Kier molecular flexibility index (Phi) is 11.7. The van der Waals surface area contributed by atoms with E-state index in [0.717, 1.165) is 149 Å². The fourth-order valence-corrected chi connectivity index (χ4v) is 11.8. The van der Waals surface area contributed by atoms with Crippen LogP contribution in [0.25, 0.3) is 22.3 Å². The summed E-state index contributed by atoms with van der Waals surface area (Å²) in [6.45, 7) is 7.41. The highest BCUT2D eigenvalue weighted by molar-refractivity contribution is 6.05. The minimum Gasteiger partial charge on any atom is -0.457 e. The molecular formula is C51H59N11O5. The van der Waals surface area contributed by atoms with Gasteiger partial charge in [0.25, 0.3) is 5.91 Å². The highest BCUT2D eigenvalue weighted by atomic mass is 16.5.